The SMILES string of the molecule is CCCNCc1cccc(C(C)C)c1CCC. The predicted molar refractivity (Wildman–Crippen MR) is 76.5 cm³/mol. The second-order valence-corrected chi connectivity index (χ2v) is 5.07. The van der Waals surface area contributed by atoms with E-state index >= 15 is 0 Å². The fourth-order valence-electron chi connectivity index (χ4n) is 2.32. The summed E-state index contributed by atoms with van der Waals surface area (Å²) in [6, 6.07) is 6.77. The molecule has 0 aliphatic heterocycles. The van der Waals surface area contributed by atoms with E-state index in [0.717, 1.165) is 13.1 Å². The van der Waals surface area contributed by atoms with Crippen molar-refractivity contribution in [3.8, 4) is 0 Å². The van der Waals surface area contributed by atoms with Gasteiger partial charge < -0.3 is 5.32 Å². The number of hydrogen-bond donors (Lipinski definition) is 1. The molecule has 0 spiro atoms. The molecule has 0 aliphatic rings. The van der Waals surface area contributed by atoms with Gasteiger partial charge in [0.2, 0.25) is 0 Å². The standard InChI is InChI=1S/C16H27N/c1-5-8-16-14(12-17-11-6-2)9-7-10-15(16)13(3)4/h7,9-10,13,17H,5-6,8,11-12H2,1-4H3. The van der Waals surface area contributed by atoms with Crippen LogP contribution < -0.4 is 5.32 Å². The Morgan fingerprint density at radius 2 is 1.88 bits per heavy atom. The second-order valence-electron chi connectivity index (χ2n) is 5.07. The van der Waals surface area contributed by atoms with E-state index in [4.69, 9.17) is 0 Å². The molecule has 0 radical (unpaired) electrons. The van der Waals surface area contributed by atoms with Crippen LogP contribution in [-0.4, -0.2) is 6.54 Å². The van der Waals surface area contributed by atoms with Gasteiger partial charge in [0.15, 0.2) is 0 Å². The smallest absolute Gasteiger partial charge is 0.0208 e. The third-order valence-corrected chi connectivity index (χ3v) is 3.17. The van der Waals surface area contributed by atoms with Crippen molar-refractivity contribution in [2.24, 2.45) is 0 Å². The van der Waals surface area contributed by atoms with Gasteiger partial charge in [-0.05, 0) is 42.0 Å². The van der Waals surface area contributed by atoms with Crippen molar-refractivity contribution in [2.45, 2.75) is 59.4 Å². The molecule has 1 aromatic carbocycles. The minimum Gasteiger partial charge on any atom is -0.313 e. The first kappa shape index (κ1) is 14.2. The summed E-state index contributed by atoms with van der Waals surface area (Å²) >= 11 is 0. The van der Waals surface area contributed by atoms with Gasteiger partial charge in [-0.15, -0.1) is 0 Å². The molecule has 0 bridgehead atoms. The molecule has 1 N–H and O–H groups in total. The number of nitrogens with one attached hydrogen (secondary N) is 1. The predicted octanol–water partition coefficient (Wildman–Crippen LogP) is 4.26. The lowest BCUT2D eigenvalue weighted by atomic mass is 9.90. The zero-order chi connectivity index (χ0) is 12.7. The van der Waals surface area contributed by atoms with Gasteiger partial charge in [0.05, 0.1) is 0 Å². The van der Waals surface area contributed by atoms with Gasteiger partial charge in [-0.1, -0.05) is 52.3 Å². The Bertz CT molecular complexity index is 328. The third-order valence-electron chi connectivity index (χ3n) is 3.17. The number of benzene rings is 1. The van der Waals surface area contributed by atoms with E-state index in [1.807, 2.05) is 0 Å². The monoisotopic (exact) mass is 233 g/mol. The summed E-state index contributed by atoms with van der Waals surface area (Å²) < 4.78 is 0. The molecule has 0 aromatic heterocycles. The molecular weight excluding hydrogens is 206 g/mol. The molecule has 96 valence electrons. The highest BCUT2D eigenvalue weighted by atomic mass is 14.8. The molecule has 17 heavy (non-hydrogen) atoms. The minimum atomic E-state index is 0.627. The van der Waals surface area contributed by atoms with Gasteiger partial charge in [0.25, 0.3) is 0 Å². The van der Waals surface area contributed by atoms with E-state index in [-0.39, 0.29) is 0 Å². The Hall–Kier alpha value is -0.820. The van der Waals surface area contributed by atoms with Crippen molar-refractivity contribution >= 4 is 0 Å². The van der Waals surface area contributed by atoms with E-state index in [9.17, 15) is 0 Å². The summed E-state index contributed by atoms with van der Waals surface area (Å²) in [4.78, 5) is 0. The zero-order valence-electron chi connectivity index (χ0n) is 11.8. The summed E-state index contributed by atoms with van der Waals surface area (Å²) in [5, 5.41) is 3.52. The van der Waals surface area contributed by atoms with Gasteiger partial charge in [-0.2, -0.15) is 0 Å². The van der Waals surface area contributed by atoms with Crippen LogP contribution >= 0.6 is 0 Å². The molecule has 0 unspecified atom stereocenters. The Morgan fingerprint density at radius 3 is 2.47 bits per heavy atom. The fourth-order valence-corrected chi connectivity index (χ4v) is 2.32. The molecular formula is C16H27N. The number of rotatable bonds is 7. The lowest BCUT2D eigenvalue weighted by Crippen LogP contribution is -2.16. The average molecular weight is 233 g/mol. The summed E-state index contributed by atoms with van der Waals surface area (Å²) in [6.45, 7) is 11.2. The van der Waals surface area contributed by atoms with Crippen LogP contribution in [0.2, 0.25) is 0 Å². The Kier molecular flexibility index (Phi) is 6.28. The molecule has 0 aliphatic carbocycles. The first-order valence-electron chi connectivity index (χ1n) is 7.02. The van der Waals surface area contributed by atoms with Crippen LogP contribution in [0, 0.1) is 0 Å². The summed E-state index contributed by atoms with van der Waals surface area (Å²) in [7, 11) is 0. The molecule has 0 saturated carbocycles. The molecule has 1 heteroatoms. The molecule has 0 fully saturated rings. The van der Waals surface area contributed by atoms with Crippen LogP contribution in [0.3, 0.4) is 0 Å². The quantitative estimate of drug-likeness (QED) is 0.694. The van der Waals surface area contributed by atoms with Crippen LogP contribution in [-0.2, 0) is 13.0 Å². The van der Waals surface area contributed by atoms with E-state index in [2.05, 4.69) is 51.2 Å². The first-order chi connectivity index (χ1) is 8.20. The topological polar surface area (TPSA) is 12.0 Å². The van der Waals surface area contributed by atoms with Gasteiger partial charge in [0, 0.05) is 6.54 Å². The second kappa shape index (κ2) is 7.50. The van der Waals surface area contributed by atoms with E-state index in [0.29, 0.717) is 5.92 Å². The lowest BCUT2D eigenvalue weighted by molar-refractivity contribution is 0.666. The van der Waals surface area contributed by atoms with Crippen LogP contribution in [0.15, 0.2) is 18.2 Å². The summed E-state index contributed by atoms with van der Waals surface area (Å²) in [5.41, 5.74) is 4.60. The molecule has 0 heterocycles. The van der Waals surface area contributed by atoms with Crippen molar-refractivity contribution in [1.29, 1.82) is 0 Å². The van der Waals surface area contributed by atoms with Crippen LogP contribution in [0.1, 0.15) is 63.1 Å². The lowest BCUT2D eigenvalue weighted by Gasteiger charge is -2.17. The van der Waals surface area contributed by atoms with Gasteiger partial charge in [-0.3, -0.25) is 0 Å². The Balaban J connectivity index is 2.89. The first-order valence-corrected chi connectivity index (χ1v) is 7.02. The van der Waals surface area contributed by atoms with E-state index in [1.165, 1.54) is 30.4 Å². The Morgan fingerprint density at radius 1 is 1.12 bits per heavy atom. The average Bonchev–Trinajstić information content (AvgIpc) is 2.31. The zero-order valence-corrected chi connectivity index (χ0v) is 11.8. The van der Waals surface area contributed by atoms with Crippen LogP contribution in [0.5, 0.6) is 0 Å². The maximum atomic E-state index is 3.52. The molecule has 0 saturated heterocycles. The van der Waals surface area contributed by atoms with Crippen LogP contribution in [0.25, 0.3) is 0 Å². The van der Waals surface area contributed by atoms with Gasteiger partial charge in [-0.25, -0.2) is 0 Å². The molecule has 1 aromatic rings. The maximum Gasteiger partial charge on any atom is 0.0208 e. The summed E-state index contributed by atoms with van der Waals surface area (Å²) in [6.07, 6.45) is 3.63. The molecule has 0 atom stereocenters. The van der Waals surface area contributed by atoms with Crippen molar-refractivity contribution in [1.82, 2.24) is 5.32 Å². The Labute approximate surface area is 107 Å². The maximum absolute atomic E-state index is 3.52. The van der Waals surface area contributed by atoms with Crippen molar-refractivity contribution in [3.05, 3.63) is 34.9 Å². The van der Waals surface area contributed by atoms with Gasteiger partial charge in [0.1, 0.15) is 0 Å². The summed E-state index contributed by atoms with van der Waals surface area (Å²) in [5.74, 6) is 0.627. The minimum absolute atomic E-state index is 0.627. The van der Waals surface area contributed by atoms with Gasteiger partial charge >= 0.3 is 0 Å². The van der Waals surface area contributed by atoms with E-state index in [1.54, 1.807) is 5.56 Å². The highest BCUT2D eigenvalue weighted by Gasteiger charge is 2.09. The number of hydrogen-bond acceptors (Lipinski definition) is 1. The van der Waals surface area contributed by atoms with E-state index < -0.39 is 0 Å². The molecule has 1 rings (SSSR count). The highest BCUT2D eigenvalue weighted by molar-refractivity contribution is 5.37. The fraction of sp³-hybridized carbons (Fsp3) is 0.625. The van der Waals surface area contributed by atoms with Crippen molar-refractivity contribution in [2.75, 3.05) is 6.54 Å². The largest absolute Gasteiger partial charge is 0.313 e. The van der Waals surface area contributed by atoms with Crippen molar-refractivity contribution < 1.29 is 0 Å². The highest BCUT2D eigenvalue weighted by Crippen LogP contribution is 2.24. The van der Waals surface area contributed by atoms with Crippen molar-refractivity contribution in [3.63, 3.8) is 0 Å². The molecule has 1 nitrogen and oxygen atoms in total. The molecule has 0 amide bonds. The normalized spacial score (nSPS) is 11.1. The third kappa shape index (κ3) is 4.16. The van der Waals surface area contributed by atoms with Crippen LogP contribution in [0.4, 0.5) is 0 Å².